The Kier molecular flexibility index (Phi) is 3.84. The van der Waals surface area contributed by atoms with Crippen molar-refractivity contribution in [1.29, 1.82) is 0 Å². The van der Waals surface area contributed by atoms with Gasteiger partial charge >= 0.3 is 5.97 Å². The molecular weight excluding hydrogens is 316 g/mol. The van der Waals surface area contributed by atoms with Crippen LogP contribution < -0.4 is 0 Å². The van der Waals surface area contributed by atoms with Crippen LogP contribution in [-0.2, 0) is 11.3 Å². The van der Waals surface area contributed by atoms with Gasteiger partial charge in [-0.1, -0.05) is 6.07 Å². The lowest BCUT2D eigenvalue weighted by molar-refractivity contribution is -0.00536. The first-order valence-corrected chi connectivity index (χ1v) is 8.52. The van der Waals surface area contributed by atoms with Gasteiger partial charge in [-0.15, -0.1) is 0 Å². The van der Waals surface area contributed by atoms with Gasteiger partial charge in [0.05, 0.1) is 11.7 Å². The third kappa shape index (κ3) is 2.56. The van der Waals surface area contributed by atoms with E-state index in [9.17, 15) is 9.90 Å². The van der Waals surface area contributed by atoms with E-state index >= 15 is 0 Å². The monoisotopic (exact) mass is 336 g/mol. The molecule has 2 bridgehead atoms. The Morgan fingerprint density at radius 1 is 1.35 bits per heavy atom. The molecule has 3 fully saturated rings. The standard InChI is InChI=1S/C17H21ClN2O3/c1-10-13(4-5-14-15(10)9-23-17(14)22)16(21)8-19-6-12-3-2-11(19)7-20(12)18/h4-5,11-12,16,21H,2-3,6-9H2,1H3/t11?,12?,16-/m0/s1. The van der Waals surface area contributed by atoms with Crippen molar-refractivity contribution in [2.45, 2.75) is 44.6 Å². The third-order valence-electron chi connectivity index (χ3n) is 5.55. The summed E-state index contributed by atoms with van der Waals surface area (Å²) >= 11 is 6.23. The van der Waals surface area contributed by atoms with Crippen LogP contribution in [-0.4, -0.2) is 52.1 Å². The summed E-state index contributed by atoms with van der Waals surface area (Å²) in [7, 11) is 0. The van der Waals surface area contributed by atoms with Gasteiger partial charge in [0.15, 0.2) is 0 Å². The van der Waals surface area contributed by atoms with Gasteiger partial charge in [-0.05, 0) is 48.7 Å². The normalized spacial score (nSPS) is 28.7. The summed E-state index contributed by atoms with van der Waals surface area (Å²) in [5.41, 5.74) is 3.42. The van der Waals surface area contributed by atoms with E-state index in [-0.39, 0.29) is 5.97 Å². The molecule has 6 heteroatoms. The van der Waals surface area contributed by atoms with Crippen molar-refractivity contribution >= 4 is 17.7 Å². The molecule has 3 saturated heterocycles. The molecule has 124 valence electrons. The van der Waals surface area contributed by atoms with Gasteiger partial charge in [-0.3, -0.25) is 4.90 Å². The Bertz CT molecular complexity index is 651. The predicted molar refractivity (Wildman–Crippen MR) is 86.2 cm³/mol. The minimum atomic E-state index is -0.556. The fraction of sp³-hybridized carbons (Fsp3) is 0.588. The number of carbonyl (C=O) groups is 1. The van der Waals surface area contributed by atoms with Crippen molar-refractivity contribution in [2.75, 3.05) is 19.6 Å². The van der Waals surface area contributed by atoms with Crippen LogP contribution in [0.25, 0.3) is 0 Å². The van der Waals surface area contributed by atoms with E-state index < -0.39 is 6.10 Å². The molecule has 3 atom stereocenters. The minimum Gasteiger partial charge on any atom is -0.457 e. The number of fused-ring (bicyclic) bond motifs is 4. The highest BCUT2D eigenvalue weighted by molar-refractivity contribution is 6.13. The largest absolute Gasteiger partial charge is 0.457 e. The molecule has 5 nitrogen and oxygen atoms in total. The molecule has 1 aromatic rings. The number of halogens is 1. The lowest BCUT2D eigenvalue weighted by Crippen LogP contribution is -2.60. The van der Waals surface area contributed by atoms with Crippen molar-refractivity contribution in [1.82, 2.24) is 9.32 Å². The van der Waals surface area contributed by atoms with E-state index in [0.717, 1.165) is 42.6 Å². The number of hydrogen-bond acceptors (Lipinski definition) is 5. The second-order valence-corrected chi connectivity index (χ2v) is 7.25. The number of aliphatic hydroxyl groups is 1. The van der Waals surface area contributed by atoms with E-state index in [4.69, 9.17) is 16.5 Å². The molecule has 0 amide bonds. The van der Waals surface area contributed by atoms with Gasteiger partial charge in [0.25, 0.3) is 0 Å². The van der Waals surface area contributed by atoms with Crippen LogP contribution in [0.1, 0.15) is 46.0 Å². The van der Waals surface area contributed by atoms with Crippen molar-refractivity contribution in [2.24, 2.45) is 0 Å². The quantitative estimate of drug-likeness (QED) is 0.676. The molecule has 4 aliphatic heterocycles. The Morgan fingerprint density at radius 2 is 2.13 bits per heavy atom. The van der Waals surface area contributed by atoms with Crippen LogP contribution in [0, 0.1) is 6.92 Å². The van der Waals surface area contributed by atoms with Crippen molar-refractivity contribution in [3.8, 4) is 0 Å². The highest BCUT2D eigenvalue weighted by Gasteiger charge is 2.39. The van der Waals surface area contributed by atoms with Crippen LogP contribution in [0.2, 0.25) is 0 Å². The average Bonchev–Trinajstić information content (AvgIpc) is 2.91. The van der Waals surface area contributed by atoms with Crippen molar-refractivity contribution in [3.63, 3.8) is 0 Å². The highest BCUT2D eigenvalue weighted by Crippen LogP contribution is 2.33. The maximum Gasteiger partial charge on any atom is 0.338 e. The van der Waals surface area contributed by atoms with Crippen LogP contribution >= 0.6 is 11.8 Å². The zero-order chi connectivity index (χ0) is 16.1. The number of piperidine rings is 2. The number of aliphatic hydroxyl groups excluding tert-OH is 1. The number of hydrogen-bond donors (Lipinski definition) is 1. The molecule has 0 radical (unpaired) electrons. The predicted octanol–water partition coefficient (Wildman–Crippen LogP) is 2.00. The Balaban J connectivity index is 1.52. The lowest BCUT2D eigenvalue weighted by atomic mass is 9.91. The van der Waals surface area contributed by atoms with Crippen LogP contribution in [0.5, 0.6) is 0 Å². The van der Waals surface area contributed by atoms with E-state index in [1.54, 1.807) is 6.07 Å². The fourth-order valence-electron chi connectivity index (χ4n) is 4.14. The molecule has 5 rings (SSSR count). The summed E-state index contributed by atoms with van der Waals surface area (Å²) < 4.78 is 7.01. The van der Waals surface area contributed by atoms with Gasteiger partial charge in [0.2, 0.25) is 0 Å². The zero-order valence-electron chi connectivity index (χ0n) is 13.2. The summed E-state index contributed by atoms with van der Waals surface area (Å²) in [5, 5.41) is 10.7. The molecule has 23 heavy (non-hydrogen) atoms. The van der Waals surface area contributed by atoms with E-state index in [1.807, 2.05) is 17.4 Å². The highest BCUT2D eigenvalue weighted by atomic mass is 35.5. The minimum absolute atomic E-state index is 0.264. The number of benzene rings is 1. The van der Waals surface area contributed by atoms with Gasteiger partial charge in [0.1, 0.15) is 6.61 Å². The Hall–Kier alpha value is -1.14. The zero-order valence-corrected chi connectivity index (χ0v) is 13.9. The second-order valence-electron chi connectivity index (χ2n) is 6.82. The number of carbonyl (C=O) groups excluding carboxylic acids is 1. The summed E-state index contributed by atoms with van der Waals surface area (Å²) in [4.78, 5) is 14.0. The van der Waals surface area contributed by atoms with Crippen LogP contribution in [0.3, 0.4) is 0 Å². The number of piperazine rings is 1. The molecule has 0 aromatic heterocycles. The smallest absolute Gasteiger partial charge is 0.338 e. The number of rotatable bonds is 3. The SMILES string of the molecule is Cc1c([C@@H](O)CN2CC3CCC2CN3Cl)ccc2c1COC2=O. The van der Waals surface area contributed by atoms with Crippen molar-refractivity contribution in [3.05, 3.63) is 34.4 Å². The van der Waals surface area contributed by atoms with E-state index in [2.05, 4.69) is 4.90 Å². The first-order valence-electron chi connectivity index (χ1n) is 8.18. The number of nitrogens with zero attached hydrogens (tertiary/aromatic N) is 2. The molecule has 4 aliphatic rings. The maximum absolute atomic E-state index is 11.6. The van der Waals surface area contributed by atoms with Crippen molar-refractivity contribution < 1.29 is 14.6 Å². The molecule has 0 saturated carbocycles. The molecule has 2 unspecified atom stereocenters. The van der Waals surface area contributed by atoms with Gasteiger partial charge in [0, 0.05) is 37.3 Å². The molecular formula is C17H21ClN2O3. The number of esters is 1. The van der Waals surface area contributed by atoms with Gasteiger partial charge in [-0.2, -0.15) is 0 Å². The molecule has 1 N–H and O–H groups in total. The summed E-state index contributed by atoms with van der Waals surface area (Å²) in [5.74, 6) is -0.264. The Labute approximate surface area is 140 Å². The van der Waals surface area contributed by atoms with E-state index in [0.29, 0.717) is 30.8 Å². The van der Waals surface area contributed by atoms with Crippen LogP contribution in [0.4, 0.5) is 0 Å². The van der Waals surface area contributed by atoms with Gasteiger partial charge < -0.3 is 9.84 Å². The first kappa shape index (κ1) is 15.4. The maximum atomic E-state index is 11.6. The van der Waals surface area contributed by atoms with Crippen LogP contribution in [0.15, 0.2) is 12.1 Å². The molecule has 1 aromatic carbocycles. The third-order valence-corrected chi connectivity index (χ3v) is 5.96. The summed E-state index contributed by atoms with van der Waals surface area (Å²) in [6.45, 7) is 4.67. The number of ether oxygens (including phenoxy) is 1. The number of cyclic esters (lactones) is 1. The average molecular weight is 337 g/mol. The topological polar surface area (TPSA) is 53.0 Å². The summed E-state index contributed by atoms with van der Waals surface area (Å²) in [6.07, 6.45) is 1.73. The molecule has 0 aliphatic carbocycles. The molecule has 0 spiro atoms. The van der Waals surface area contributed by atoms with E-state index in [1.165, 1.54) is 0 Å². The first-order chi connectivity index (χ1) is 11.0. The Morgan fingerprint density at radius 3 is 2.83 bits per heavy atom. The molecule has 4 heterocycles. The van der Waals surface area contributed by atoms with Gasteiger partial charge in [-0.25, -0.2) is 9.21 Å². The lowest BCUT2D eigenvalue weighted by Gasteiger charge is -2.49. The summed E-state index contributed by atoms with van der Waals surface area (Å²) in [6, 6.07) is 4.45. The second kappa shape index (κ2) is 5.74. The fourth-order valence-corrected chi connectivity index (χ4v) is 4.46.